The molecule has 0 bridgehead atoms. The lowest BCUT2D eigenvalue weighted by atomic mass is 10.0. The maximum atomic E-state index is 12.7. The van der Waals surface area contributed by atoms with Crippen LogP contribution in [0.25, 0.3) is 0 Å². The maximum Gasteiger partial charge on any atom is 0.255 e. The first-order chi connectivity index (χ1) is 14.7. The number of anilines is 2. The lowest BCUT2D eigenvalue weighted by molar-refractivity contribution is 0.102. The van der Waals surface area contributed by atoms with Gasteiger partial charge in [-0.3, -0.25) is 4.79 Å². The van der Waals surface area contributed by atoms with Crippen LogP contribution in [0.2, 0.25) is 0 Å². The fourth-order valence-electron chi connectivity index (χ4n) is 3.60. The monoisotopic (exact) mass is 402 g/mol. The van der Waals surface area contributed by atoms with Crippen molar-refractivity contribution in [3.63, 3.8) is 0 Å². The second kappa shape index (κ2) is 9.41. The Morgan fingerprint density at radius 2 is 1.97 bits per heavy atom. The molecule has 30 heavy (non-hydrogen) atoms. The standard InChI is InChI=1S/C24H26N4O2/c1-2-30-21-10-8-20(9-11-21)27-24(29)19-12-13-26-23(16-19)28-15-14-25-22(17-28)18-6-4-3-5-7-18/h3-13,16,22,25H,2,14-15,17H2,1H3,(H,27,29). The van der Waals surface area contributed by atoms with E-state index in [1.165, 1.54) is 5.56 Å². The lowest BCUT2D eigenvalue weighted by Gasteiger charge is -2.34. The molecule has 0 aliphatic carbocycles. The van der Waals surface area contributed by atoms with Crippen LogP contribution in [-0.4, -0.2) is 37.1 Å². The Morgan fingerprint density at radius 3 is 2.73 bits per heavy atom. The van der Waals surface area contributed by atoms with Gasteiger partial charge in [0.15, 0.2) is 0 Å². The summed E-state index contributed by atoms with van der Waals surface area (Å²) in [5, 5.41) is 6.50. The molecule has 3 aromatic rings. The van der Waals surface area contributed by atoms with E-state index in [4.69, 9.17) is 4.74 Å². The van der Waals surface area contributed by atoms with Crippen molar-refractivity contribution in [3.8, 4) is 5.75 Å². The van der Waals surface area contributed by atoms with Crippen molar-refractivity contribution >= 4 is 17.4 Å². The Bertz CT molecular complexity index is 976. The van der Waals surface area contributed by atoms with E-state index in [2.05, 4.69) is 44.8 Å². The molecule has 0 radical (unpaired) electrons. The molecule has 0 spiro atoms. The van der Waals surface area contributed by atoms with Gasteiger partial charge in [-0.05, 0) is 48.9 Å². The van der Waals surface area contributed by atoms with Gasteiger partial charge in [0.1, 0.15) is 11.6 Å². The maximum absolute atomic E-state index is 12.7. The van der Waals surface area contributed by atoms with E-state index in [1.807, 2.05) is 43.3 Å². The summed E-state index contributed by atoms with van der Waals surface area (Å²) in [6.45, 7) is 5.07. The van der Waals surface area contributed by atoms with Gasteiger partial charge in [0.2, 0.25) is 0 Å². The minimum Gasteiger partial charge on any atom is -0.494 e. The molecule has 6 nitrogen and oxygen atoms in total. The lowest BCUT2D eigenvalue weighted by Crippen LogP contribution is -2.46. The number of pyridine rings is 1. The number of aromatic nitrogens is 1. The van der Waals surface area contributed by atoms with Gasteiger partial charge in [0.25, 0.3) is 5.91 Å². The topological polar surface area (TPSA) is 66.5 Å². The van der Waals surface area contributed by atoms with E-state index >= 15 is 0 Å². The summed E-state index contributed by atoms with van der Waals surface area (Å²) < 4.78 is 5.44. The van der Waals surface area contributed by atoms with Gasteiger partial charge in [-0.15, -0.1) is 0 Å². The first kappa shape index (κ1) is 19.9. The normalized spacial score (nSPS) is 16.2. The first-order valence-corrected chi connectivity index (χ1v) is 10.3. The third-order valence-corrected chi connectivity index (χ3v) is 5.13. The summed E-state index contributed by atoms with van der Waals surface area (Å²) in [5.74, 6) is 1.45. The molecule has 1 aliphatic heterocycles. The molecular formula is C24H26N4O2. The molecule has 1 aromatic heterocycles. The molecule has 1 amide bonds. The van der Waals surface area contributed by atoms with Gasteiger partial charge in [0.05, 0.1) is 6.61 Å². The highest BCUT2D eigenvalue weighted by atomic mass is 16.5. The molecule has 154 valence electrons. The predicted octanol–water partition coefficient (Wildman–Crippen LogP) is 3.88. The number of rotatable bonds is 6. The van der Waals surface area contributed by atoms with Gasteiger partial charge >= 0.3 is 0 Å². The predicted molar refractivity (Wildman–Crippen MR) is 119 cm³/mol. The average Bonchev–Trinajstić information content (AvgIpc) is 2.81. The highest BCUT2D eigenvalue weighted by Gasteiger charge is 2.22. The molecular weight excluding hydrogens is 376 g/mol. The smallest absolute Gasteiger partial charge is 0.255 e. The van der Waals surface area contributed by atoms with Gasteiger partial charge in [-0.2, -0.15) is 0 Å². The van der Waals surface area contributed by atoms with Crippen LogP contribution in [0.3, 0.4) is 0 Å². The number of carbonyl (C=O) groups is 1. The van der Waals surface area contributed by atoms with Gasteiger partial charge < -0.3 is 20.3 Å². The van der Waals surface area contributed by atoms with Crippen molar-refractivity contribution in [2.24, 2.45) is 0 Å². The van der Waals surface area contributed by atoms with Crippen LogP contribution in [0.15, 0.2) is 72.9 Å². The first-order valence-electron chi connectivity index (χ1n) is 10.3. The van der Waals surface area contributed by atoms with Crippen molar-refractivity contribution in [1.29, 1.82) is 0 Å². The number of hydrogen-bond donors (Lipinski definition) is 2. The van der Waals surface area contributed by atoms with E-state index in [9.17, 15) is 4.79 Å². The van der Waals surface area contributed by atoms with Crippen molar-refractivity contribution in [3.05, 3.63) is 84.1 Å². The summed E-state index contributed by atoms with van der Waals surface area (Å²) >= 11 is 0. The molecule has 1 unspecified atom stereocenters. The number of carbonyl (C=O) groups excluding carboxylic acids is 1. The van der Waals surface area contributed by atoms with Crippen molar-refractivity contribution in [2.45, 2.75) is 13.0 Å². The summed E-state index contributed by atoms with van der Waals surface area (Å²) in [6, 6.07) is 21.6. The zero-order valence-corrected chi connectivity index (χ0v) is 17.0. The second-order valence-corrected chi connectivity index (χ2v) is 7.18. The molecule has 1 saturated heterocycles. The number of ether oxygens (including phenoxy) is 1. The molecule has 2 aromatic carbocycles. The number of amides is 1. The van der Waals surface area contributed by atoms with Gasteiger partial charge in [-0.1, -0.05) is 30.3 Å². The largest absolute Gasteiger partial charge is 0.494 e. The zero-order chi connectivity index (χ0) is 20.8. The van der Waals surface area contributed by atoms with E-state index in [1.54, 1.807) is 12.3 Å². The van der Waals surface area contributed by atoms with Crippen molar-refractivity contribution < 1.29 is 9.53 Å². The second-order valence-electron chi connectivity index (χ2n) is 7.18. The highest BCUT2D eigenvalue weighted by molar-refractivity contribution is 6.04. The molecule has 6 heteroatoms. The molecule has 4 rings (SSSR count). The van der Waals surface area contributed by atoms with Crippen LogP contribution in [0.1, 0.15) is 28.9 Å². The van der Waals surface area contributed by atoms with E-state index in [0.29, 0.717) is 12.2 Å². The Balaban J connectivity index is 1.44. The fourth-order valence-corrected chi connectivity index (χ4v) is 3.60. The summed E-state index contributed by atoms with van der Waals surface area (Å²) in [7, 11) is 0. The van der Waals surface area contributed by atoms with Crippen LogP contribution in [0.5, 0.6) is 5.75 Å². The van der Waals surface area contributed by atoms with Gasteiger partial charge in [-0.25, -0.2) is 4.98 Å². The Labute approximate surface area is 176 Å². The average molecular weight is 402 g/mol. The fraction of sp³-hybridized carbons (Fsp3) is 0.250. The van der Waals surface area contributed by atoms with Crippen LogP contribution in [-0.2, 0) is 0 Å². The molecule has 2 heterocycles. The number of piperazine rings is 1. The zero-order valence-electron chi connectivity index (χ0n) is 17.0. The van der Waals surface area contributed by atoms with Gasteiger partial charge in [0, 0.05) is 43.1 Å². The molecule has 1 aliphatic rings. The Kier molecular flexibility index (Phi) is 6.25. The molecule has 0 saturated carbocycles. The van der Waals surface area contributed by atoms with E-state index in [0.717, 1.165) is 36.9 Å². The quantitative estimate of drug-likeness (QED) is 0.655. The summed E-state index contributed by atoms with van der Waals surface area (Å²) in [6.07, 6.45) is 1.70. The van der Waals surface area contributed by atoms with Crippen LogP contribution < -0.4 is 20.3 Å². The Hall–Kier alpha value is -3.38. The number of benzene rings is 2. The molecule has 1 atom stereocenters. The third kappa shape index (κ3) is 4.78. The number of nitrogens with zero attached hydrogens (tertiary/aromatic N) is 2. The van der Waals surface area contributed by atoms with Crippen LogP contribution >= 0.6 is 0 Å². The SMILES string of the molecule is CCOc1ccc(NC(=O)c2ccnc(N3CCNC(c4ccccc4)C3)c2)cc1. The van der Waals surface area contributed by atoms with Crippen molar-refractivity contribution in [2.75, 3.05) is 36.5 Å². The van der Waals surface area contributed by atoms with E-state index < -0.39 is 0 Å². The number of hydrogen-bond acceptors (Lipinski definition) is 5. The minimum atomic E-state index is -0.155. The molecule has 2 N–H and O–H groups in total. The third-order valence-electron chi connectivity index (χ3n) is 5.13. The molecule has 1 fully saturated rings. The summed E-state index contributed by atoms with van der Waals surface area (Å²) in [4.78, 5) is 19.5. The Morgan fingerprint density at radius 1 is 1.17 bits per heavy atom. The van der Waals surface area contributed by atoms with Crippen LogP contribution in [0.4, 0.5) is 11.5 Å². The van der Waals surface area contributed by atoms with E-state index in [-0.39, 0.29) is 11.9 Å². The minimum absolute atomic E-state index is 0.155. The number of nitrogens with one attached hydrogen (secondary N) is 2. The summed E-state index contributed by atoms with van der Waals surface area (Å²) in [5.41, 5.74) is 2.57. The highest BCUT2D eigenvalue weighted by Crippen LogP contribution is 2.22. The van der Waals surface area contributed by atoms with Crippen molar-refractivity contribution in [1.82, 2.24) is 10.3 Å². The van der Waals surface area contributed by atoms with Crippen LogP contribution in [0, 0.1) is 0 Å².